The Kier molecular flexibility index (Phi) is 8.62. The van der Waals surface area contributed by atoms with Gasteiger partial charge >= 0.3 is 12.1 Å². The van der Waals surface area contributed by atoms with E-state index in [1.165, 1.54) is 11.4 Å². The molecule has 0 aromatic heterocycles. The summed E-state index contributed by atoms with van der Waals surface area (Å²) in [6, 6.07) is 9.18. The van der Waals surface area contributed by atoms with Gasteiger partial charge in [0.15, 0.2) is 0 Å². The molecule has 1 aromatic carbocycles. The Morgan fingerprint density at radius 1 is 1.35 bits per heavy atom. The Balaban J connectivity index is 2.60. The number of amides is 1. The van der Waals surface area contributed by atoms with Crippen LogP contribution in [0.3, 0.4) is 0 Å². The first-order valence-corrected chi connectivity index (χ1v) is 11.6. The number of rotatable bonds is 9. The number of carbonyl (C=O) groups excluding carboxylic acids is 1. The summed E-state index contributed by atoms with van der Waals surface area (Å²) in [6.45, 7) is 3.77. The highest BCUT2D eigenvalue weighted by atomic mass is 32.9. The van der Waals surface area contributed by atoms with Crippen molar-refractivity contribution in [2.75, 3.05) is 25.7 Å². The van der Waals surface area contributed by atoms with E-state index in [1.807, 2.05) is 37.3 Å². The molecule has 1 N–H and O–H groups in total. The summed E-state index contributed by atoms with van der Waals surface area (Å²) >= 11 is 6.60. The molecule has 0 saturated heterocycles. The second-order valence-corrected chi connectivity index (χ2v) is 12.5. The first kappa shape index (κ1) is 20.0. The van der Waals surface area contributed by atoms with E-state index in [2.05, 4.69) is 0 Å². The molecule has 1 rings (SSSR count). The second-order valence-electron chi connectivity index (χ2n) is 4.58. The lowest BCUT2D eigenvalue weighted by Gasteiger charge is -2.23. The average molecular weight is 377 g/mol. The van der Waals surface area contributed by atoms with Crippen LogP contribution in [0.5, 0.6) is 0 Å². The smallest absolute Gasteiger partial charge is 0.411 e. The summed E-state index contributed by atoms with van der Waals surface area (Å²) in [5.41, 5.74) is -1.27. The molecule has 1 amide bonds. The summed E-state index contributed by atoms with van der Waals surface area (Å²) in [5, 5.41) is 8.94. The normalized spacial score (nSPS) is 13.1. The van der Waals surface area contributed by atoms with Crippen molar-refractivity contribution in [2.45, 2.75) is 13.5 Å². The van der Waals surface area contributed by atoms with Crippen molar-refractivity contribution in [1.82, 2.24) is 4.90 Å². The van der Waals surface area contributed by atoms with E-state index in [4.69, 9.17) is 26.2 Å². The third-order valence-electron chi connectivity index (χ3n) is 2.60. The van der Waals surface area contributed by atoms with Crippen LogP contribution in [-0.4, -0.2) is 47.8 Å². The number of nitrogens with zero attached hydrogens (tertiary/aromatic N) is 1. The third kappa shape index (κ3) is 8.37. The molecule has 0 saturated carbocycles. The topological polar surface area (TPSA) is 76.1 Å². The van der Waals surface area contributed by atoms with Gasteiger partial charge in [0.2, 0.25) is 0 Å². The zero-order chi connectivity index (χ0) is 17.3. The van der Waals surface area contributed by atoms with E-state index < -0.39 is 24.1 Å². The van der Waals surface area contributed by atoms with Crippen LogP contribution in [-0.2, 0) is 32.5 Å². The standard InChI is InChI=1S/C14H20NO5PS2/c1-3-20-21(2,22)23-11-15(9-13(16)17)14(18)19-10-12-7-5-4-6-8-12/h4-8H,3,9-11H2,1-2H3,(H,16,17)/t21-/m1/s1. The van der Waals surface area contributed by atoms with Crippen molar-refractivity contribution in [3.8, 4) is 0 Å². The fraction of sp³-hybridized carbons (Fsp3) is 0.429. The maximum Gasteiger partial charge on any atom is 0.411 e. The predicted octanol–water partition coefficient (Wildman–Crippen LogP) is 3.38. The van der Waals surface area contributed by atoms with Gasteiger partial charge in [0.05, 0.1) is 5.88 Å². The number of ether oxygens (including phenoxy) is 1. The number of benzene rings is 1. The Labute approximate surface area is 145 Å². The van der Waals surface area contributed by atoms with Gasteiger partial charge in [0.1, 0.15) is 18.6 Å². The van der Waals surface area contributed by atoms with Crippen LogP contribution in [0.1, 0.15) is 12.5 Å². The molecule has 0 spiro atoms. The number of hydrogen-bond donors (Lipinski definition) is 1. The molecule has 128 valence electrons. The van der Waals surface area contributed by atoms with Gasteiger partial charge in [-0.05, 0) is 19.2 Å². The molecule has 1 aromatic rings. The highest BCUT2D eigenvalue weighted by Crippen LogP contribution is 2.56. The molecule has 0 aliphatic carbocycles. The SMILES string of the molecule is CCO[P@](C)(=S)SCN(CC(=O)O)C(=O)OCc1ccccc1. The minimum absolute atomic E-state index is 0.0895. The van der Waals surface area contributed by atoms with E-state index in [0.717, 1.165) is 10.5 Å². The monoisotopic (exact) mass is 377 g/mol. The molecule has 6 nitrogen and oxygen atoms in total. The predicted molar refractivity (Wildman–Crippen MR) is 95.3 cm³/mol. The summed E-state index contributed by atoms with van der Waals surface area (Å²) in [7, 11) is 0. The summed E-state index contributed by atoms with van der Waals surface area (Å²) in [5.74, 6) is -0.990. The molecule has 23 heavy (non-hydrogen) atoms. The van der Waals surface area contributed by atoms with Crippen molar-refractivity contribution >= 4 is 40.7 Å². The lowest BCUT2D eigenvalue weighted by Crippen LogP contribution is -2.35. The maximum atomic E-state index is 12.1. The van der Waals surface area contributed by atoms with Gasteiger partial charge in [0.25, 0.3) is 0 Å². The molecule has 0 bridgehead atoms. The summed E-state index contributed by atoms with van der Waals surface area (Å²) in [6.07, 6.45) is -0.685. The van der Waals surface area contributed by atoms with Crippen molar-refractivity contribution in [2.24, 2.45) is 0 Å². The zero-order valence-electron chi connectivity index (χ0n) is 13.0. The van der Waals surface area contributed by atoms with Gasteiger partial charge < -0.3 is 14.4 Å². The van der Waals surface area contributed by atoms with E-state index in [0.29, 0.717) is 6.61 Å². The molecule has 0 unspecified atom stereocenters. The number of aliphatic carboxylic acids is 1. The largest absolute Gasteiger partial charge is 0.480 e. The minimum atomic E-state index is -2.10. The quantitative estimate of drug-likeness (QED) is 0.522. The van der Waals surface area contributed by atoms with Crippen LogP contribution in [0.15, 0.2) is 30.3 Å². The summed E-state index contributed by atoms with van der Waals surface area (Å²) < 4.78 is 10.6. The van der Waals surface area contributed by atoms with Gasteiger partial charge in [0, 0.05) is 6.61 Å². The minimum Gasteiger partial charge on any atom is -0.480 e. The van der Waals surface area contributed by atoms with Crippen LogP contribution in [0, 0.1) is 0 Å². The molecule has 0 fully saturated rings. The molecular weight excluding hydrogens is 357 g/mol. The van der Waals surface area contributed by atoms with E-state index in [9.17, 15) is 9.59 Å². The first-order chi connectivity index (χ1) is 10.8. The lowest BCUT2D eigenvalue weighted by atomic mass is 10.2. The molecule has 0 aliphatic heterocycles. The Morgan fingerprint density at radius 2 is 2.00 bits per heavy atom. The Bertz CT molecular complexity index is 570. The number of carboxylic acid groups (broad SMARTS) is 1. The molecular formula is C14H20NO5PS2. The average Bonchev–Trinajstić information content (AvgIpc) is 2.49. The van der Waals surface area contributed by atoms with Gasteiger partial charge in [-0.1, -0.05) is 53.5 Å². The Morgan fingerprint density at radius 3 is 2.57 bits per heavy atom. The molecule has 1 atom stereocenters. The van der Waals surface area contributed by atoms with Crippen LogP contribution < -0.4 is 0 Å². The van der Waals surface area contributed by atoms with Crippen LogP contribution >= 0.6 is 16.8 Å². The zero-order valence-corrected chi connectivity index (χ0v) is 15.5. The van der Waals surface area contributed by atoms with Gasteiger partial charge in [-0.3, -0.25) is 9.69 Å². The fourth-order valence-electron chi connectivity index (χ4n) is 1.58. The first-order valence-electron chi connectivity index (χ1n) is 6.88. The van der Waals surface area contributed by atoms with Crippen LogP contribution in [0.25, 0.3) is 0 Å². The lowest BCUT2D eigenvalue weighted by molar-refractivity contribution is -0.137. The molecule has 0 aliphatic rings. The van der Waals surface area contributed by atoms with Gasteiger partial charge in [-0.15, -0.1) is 0 Å². The van der Waals surface area contributed by atoms with E-state index >= 15 is 0 Å². The van der Waals surface area contributed by atoms with E-state index in [1.54, 1.807) is 6.66 Å². The van der Waals surface area contributed by atoms with Crippen LogP contribution in [0.4, 0.5) is 4.79 Å². The number of hydrogen-bond acceptors (Lipinski definition) is 6. The van der Waals surface area contributed by atoms with Crippen molar-refractivity contribution in [1.29, 1.82) is 0 Å². The number of carboxylic acids is 1. The number of carbonyl (C=O) groups is 2. The highest BCUT2D eigenvalue weighted by Gasteiger charge is 2.21. The second kappa shape index (κ2) is 9.93. The van der Waals surface area contributed by atoms with Gasteiger partial charge in [-0.2, -0.15) is 0 Å². The molecule has 0 radical (unpaired) electrons. The van der Waals surface area contributed by atoms with Crippen LogP contribution in [0.2, 0.25) is 0 Å². The fourth-order valence-corrected chi connectivity index (χ4v) is 5.00. The van der Waals surface area contributed by atoms with Crippen molar-refractivity contribution in [3.05, 3.63) is 35.9 Å². The van der Waals surface area contributed by atoms with Crippen molar-refractivity contribution in [3.63, 3.8) is 0 Å². The van der Waals surface area contributed by atoms with Crippen molar-refractivity contribution < 1.29 is 24.0 Å². The molecule has 0 heterocycles. The Hall–Kier alpha value is -1.08. The molecule has 9 heteroatoms. The van der Waals surface area contributed by atoms with E-state index in [-0.39, 0.29) is 12.5 Å². The summed E-state index contributed by atoms with van der Waals surface area (Å²) in [4.78, 5) is 24.1. The third-order valence-corrected chi connectivity index (χ3v) is 7.56. The maximum absolute atomic E-state index is 12.1. The van der Waals surface area contributed by atoms with Gasteiger partial charge in [-0.25, -0.2) is 4.79 Å². The highest BCUT2D eigenvalue weighted by molar-refractivity contribution is 8.69.